The SMILES string of the molecule is COC(=O)CCc1ccc(N(c2ccc(CCC(=O)OC)cc2)c2ccc(C)c(C)c2)cc1.COC(=O)CCc1ccc(Nc2ccc(CCC(=O)OC)cc2)cc1.Cc1ccc(I)cc1C.[Na+].[OH-]. The van der Waals surface area contributed by atoms with E-state index in [4.69, 9.17) is 9.47 Å². The summed E-state index contributed by atoms with van der Waals surface area (Å²) in [4.78, 5) is 47.5. The fourth-order valence-corrected chi connectivity index (χ4v) is 7.36. The van der Waals surface area contributed by atoms with Crippen molar-refractivity contribution in [2.24, 2.45) is 0 Å². The molecule has 0 amide bonds. The van der Waals surface area contributed by atoms with E-state index in [2.05, 4.69) is 155 Å². The molecule has 6 aromatic carbocycles. The third-order valence-corrected chi connectivity index (χ3v) is 11.9. The first kappa shape index (κ1) is 59.6. The molecule has 0 spiro atoms. The van der Waals surface area contributed by atoms with Crippen molar-refractivity contribution in [3.63, 3.8) is 0 Å². The average Bonchev–Trinajstić information content (AvgIpc) is 3.35. The van der Waals surface area contributed by atoms with E-state index in [-0.39, 0.29) is 58.9 Å². The topological polar surface area (TPSA) is 150 Å². The van der Waals surface area contributed by atoms with Crippen LogP contribution in [0.15, 0.2) is 133 Å². The quantitative estimate of drug-likeness (QED) is 0.0403. The summed E-state index contributed by atoms with van der Waals surface area (Å²) in [7, 11) is 5.62. The van der Waals surface area contributed by atoms with E-state index in [1.807, 2.05) is 48.5 Å². The summed E-state index contributed by atoms with van der Waals surface area (Å²) in [6.45, 7) is 8.49. The van der Waals surface area contributed by atoms with E-state index in [9.17, 15) is 19.2 Å². The number of aryl methyl sites for hydroxylation is 8. The Bertz CT molecular complexity index is 2390. The van der Waals surface area contributed by atoms with Gasteiger partial charge in [-0.2, -0.15) is 0 Å². The summed E-state index contributed by atoms with van der Waals surface area (Å²) < 4.78 is 20.1. The molecule has 6 aromatic rings. The summed E-state index contributed by atoms with van der Waals surface area (Å²) in [6, 6.07) is 45.3. The third kappa shape index (κ3) is 20.9. The molecule has 0 atom stereocenters. The van der Waals surface area contributed by atoms with Gasteiger partial charge in [-0.05, 0) is 193 Å². The summed E-state index contributed by atoms with van der Waals surface area (Å²) in [5.74, 6) is -0.810. The molecule has 0 bridgehead atoms. The van der Waals surface area contributed by atoms with Crippen LogP contribution in [0.3, 0.4) is 0 Å². The van der Waals surface area contributed by atoms with Gasteiger partial charge in [0.2, 0.25) is 0 Å². The fourth-order valence-electron chi connectivity index (χ4n) is 6.71. The van der Waals surface area contributed by atoms with Crippen molar-refractivity contribution in [3.8, 4) is 0 Å². The van der Waals surface area contributed by atoms with Gasteiger partial charge in [-0.3, -0.25) is 19.2 Å². The Labute approximate surface area is 444 Å². The number of carbonyl (C=O) groups is 4. The molecule has 0 radical (unpaired) electrons. The van der Waals surface area contributed by atoms with Gasteiger partial charge in [0.1, 0.15) is 0 Å². The average molecular weight is 1060 g/mol. The molecule has 0 saturated carbocycles. The van der Waals surface area contributed by atoms with Crippen molar-refractivity contribution in [2.75, 3.05) is 38.7 Å². The van der Waals surface area contributed by atoms with E-state index in [1.54, 1.807) is 0 Å². The van der Waals surface area contributed by atoms with Gasteiger partial charge >= 0.3 is 53.4 Å². The number of esters is 4. The van der Waals surface area contributed by atoms with Gasteiger partial charge in [0.05, 0.1) is 28.4 Å². The normalized spacial score (nSPS) is 9.99. The number of nitrogens with one attached hydrogen (secondary N) is 1. The molecule has 0 aliphatic carbocycles. The molecule has 0 unspecified atom stereocenters. The molecule has 69 heavy (non-hydrogen) atoms. The third-order valence-electron chi connectivity index (χ3n) is 11.2. The molecular weight excluding hydrogens is 995 g/mol. The smallest absolute Gasteiger partial charge is 0.870 e. The minimum Gasteiger partial charge on any atom is -0.870 e. The van der Waals surface area contributed by atoms with Gasteiger partial charge < -0.3 is 34.6 Å². The fraction of sp³-hybridized carbons (Fsp3) is 0.286. The van der Waals surface area contributed by atoms with E-state index in [0.29, 0.717) is 51.4 Å². The van der Waals surface area contributed by atoms with Crippen LogP contribution in [-0.4, -0.2) is 57.8 Å². The molecule has 6 rings (SSSR count). The van der Waals surface area contributed by atoms with Gasteiger partial charge in [0.15, 0.2) is 0 Å². The molecule has 0 aliphatic heterocycles. The Kier molecular flexibility index (Phi) is 27.3. The molecule has 0 aromatic heterocycles. The first-order chi connectivity index (χ1) is 32.2. The summed E-state index contributed by atoms with van der Waals surface area (Å²) >= 11 is 2.32. The Morgan fingerprint density at radius 3 is 1.00 bits per heavy atom. The second kappa shape index (κ2) is 31.6. The molecule has 13 heteroatoms. The van der Waals surface area contributed by atoms with Crippen LogP contribution in [-0.2, 0) is 63.8 Å². The Balaban J connectivity index is 0.000000400. The van der Waals surface area contributed by atoms with Gasteiger partial charge in [-0.15, -0.1) is 0 Å². The Morgan fingerprint density at radius 2 is 0.710 bits per heavy atom. The second-order valence-corrected chi connectivity index (χ2v) is 17.2. The molecule has 0 heterocycles. The van der Waals surface area contributed by atoms with Gasteiger partial charge in [0, 0.05) is 57.7 Å². The van der Waals surface area contributed by atoms with Crippen LogP contribution in [0, 0.1) is 31.3 Å². The molecule has 0 aliphatic rings. The number of hydrogen-bond donors (Lipinski definition) is 1. The maximum Gasteiger partial charge on any atom is 1.00 e. The zero-order chi connectivity index (χ0) is 48.7. The molecule has 0 saturated heterocycles. The van der Waals surface area contributed by atoms with Crippen molar-refractivity contribution in [3.05, 3.63) is 182 Å². The maximum absolute atomic E-state index is 11.5. The predicted octanol–water partition coefficient (Wildman–Crippen LogP) is 9.36. The van der Waals surface area contributed by atoms with Crippen molar-refractivity contribution < 1.29 is 73.2 Å². The summed E-state index contributed by atoms with van der Waals surface area (Å²) in [5, 5.41) is 3.33. The van der Waals surface area contributed by atoms with Crippen LogP contribution in [0.5, 0.6) is 0 Å². The van der Waals surface area contributed by atoms with Crippen LogP contribution >= 0.6 is 22.6 Å². The summed E-state index contributed by atoms with van der Waals surface area (Å²) in [6.07, 6.45) is 4.13. The number of nitrogens with zero attached hydrogens (tertiary/aromatic N) is 1. The van der Waals surface area contributed by atoms with E-state index < -0.39 is 0 Å². The molecule has 360 valence electrons. The van der Waals surface area contributed by atoms with Crippen LogP contribution in [0.25, 0.3) is 0 Å². The number of benzene rings is 6. The van der Waals surface area contributed by atoms with Crippen LogP contribution in [0.1, 0.15) is 70.2 Å². The number of halogens is 1. The van der Waals surface area contributed by atoms with Crippen LogP contribution in [0.4, 0.5) is 28.4 Å². The van der Waals surface area contributed by atoms with E-state index >= 15 is 0 Å². The largest absolute Gasteiger partial charge is 1.00 e. The first-order valence-electron chi connectivity index (χ1n) is 22.2. The van der Waals surface area contributed by atoms with Crippen molar-refractivity contribution in [1.29, 1.82) is 0 Å². The maximum atomic E-state index is 11.5. The number of anilines is 5. The van der Waals surface area contributed by atoms with Gasteiger partial charge in [-0.25, -0.2) is 0 Å². The molecule has 11 nitrogen and oxygen atoms in total. The minimum atomic E-state index is -0.205. The molecular formula is C56H64IN2NaO9. The van der Waals surface area contributed by atoms with Gasteiger partial charge in [0.25, 0.3) is 0 Å². The second-order valence-electron chi connectivity index (χ2n) is 16.0. The first-order valence-corrected chi connectivity index (χ1v) is 23.3. The number of ether oxygens (including phenoxy) is 4. The Hall–Kier alpha value is -5.51. The van der Waals surface area contributed by atoms with Gasteiger partial charge in [-0.1, -0.05) is 60.7 Å². The zero-order valence-electron chi connectivity index (χ0n) is 41.4. The van der Waals surface area contributed by atoms with E-state index in [1.165, 1.54) is 54.3 Å². The number of carbonyl (C=O) groups excluding carboxylic acids is 4. The van der Waals surface area contributed by atoms with E-state index in [0.717, 1.165) is 50.7 Å². The molecule has 2 N–H and O–H groups in total. The number of methoxy groups -OCH3 is 4. The number of rotatable bonds is 17. The minimum absolute atomic E-state index is 0. The zero-order valence-corrected chi connectivity index (χ0v) is 45.6. The molecule has 0 fully saturated rings. The predicted molar refractivity (Wildman–Crippen MR) is 279 cm³/mol. The monoisotopic (exact) mass is 1060 g/mol. The van der Waals surface area contributed by atoms with Crippen molar-refractivity contribution >= 4 is 74.9 Å². The Morgan fingerprint density at radius 1 is 0.420 bits per heavy atom. The van der Waals surface area contributed by atoms with Crippen LogP contribution in [0.2, 0.25) is 0 Å². The van der Waals surface area contributed by atoms with Crippen molar-refractivity contribution in [2.45, 2.75) is 79.1 Å². The van der Waals surface area contributed by atoms with Crippen molar-refractivity contribution in [1.82, 2.24) is 0 Å². The summed E-state index contributed by atoms with van der Waals surface area (Å²) in [5.41, 5.74) is 14.7. The number of hydrogen-bond acceptors (Lipinski definition) is 11. The van der Waals surface area contributed by atoms with Crippen LogP contribution < -0.4 is 39.8 Å². The standard InChI is InChI=1S/C28H31NO4.C20H23NO4.C8H9I.Na.H2O/c1-20-5-12-26(19-21(20)2)29(24-13-6-22(7-14-24)10-17-27(30)32-3)25-15-8-23(9-16-25)11-18-28(31)33-4;1-24-19(22)13-7-15-3-9-17(10-4-15)21-18-11-5-16(6-12-18)8-14-20(23)25-2;1-6-3-4-8(9)5-7(6)2;;/h5-9,12-16,19H,10-11,17-18H2,1-4H3;3-6,9-12,21H,7-8,13-14H2,1-2H3;3-5H,1-2H3;;1H2/q;;;+1;/p-1.